The second-order valence-electron chi connectivity index (χ2n) is 1.38. The first kappa shape index (κ1) is 9.81. The summed E-state index contributed by atoms with van der Waals surface area (Å²) in [6.07, 6.45) is 1.97. The number of nitrogens with one attached hydrogen (secondary N) is 1. The Morgan fingerprint density at radius 1 is 1.67 bits per heavy atom. The van der Waals surface area contributed by atoms with Crippen LogP contribution in [0.2, 0.25) is 0 Å². The molecule has 4 N–H and O–H groups in total. The predicted octanol–water partition coefficient (Wildman–Crippen LogP) is -1.47. The highest BCUT2D eigenvalue weighted by atomic mass is 16.7. The van der Waals surface area contributed by atoms with Gasteiger partial charge in [-0.15, -0.1) is 0 Å². The Balaban J connectivity index is 3.85. The van der Waals surface area contributed by atoms with Crippen LogP contribution >= 0.6 is 0 Å². The molecule has 0 heterocycles. The summed E-state index contributed by atoms with van der Waals surface area (Å²) in [5, 5.41) is 25.1. The van der Waals surface area contributed by atoms with Gasteiger partial charge in [0.15, 0.2) is 5.03 Å². The summed E-state index contributed by atoms with van der Waals surface area (Å²) < 4.78 is 0. The largest absolute Gasteiger partial charge is 0.411 e. The molecule has 0 fully saturated rings. The number of hydrogen-bond acceptors (Lipinski definition) is 5. The third-order valence-electron chi connectivity index (χ3n) is 0.576. The van der Waals surface area contributed by atoms with Gasteiger partial charge in [-0.2, -0.15) is 5.10 Å². The first-order valence-corrected chi connectivity index (χ1v) is 2.60. The topological polar surface area (TPSA) is 138 Å². The van der Waals surface area contributed by atoms with Crippen LogP contribution in [0.15, 0.2) is 15.4 Å². The van der Waals surface area contributed by atoms with Crippen molar-refractivity contribution >= 4 is 18.4 Å². The Hall–Kier alpha value is -2.19. The quantitative estimate of drug-likeness (QED) is 0.157. The van der Waals surface area contributed by atoms with Crippen molar-refractivity contribution in [2.45, 2.75) is 0 Å². The van der Waals surface area contributed by atoms with Crippen LogP contribution in [0.3, 0.4) is 0 Å². The highest BCUT2D eigenvalue weighted by Crippen LogP contribution is 1.67. The molecule has 0 saturated carbocycles. The summed E-state index contributed by atoms with van der Waals surface area (Å²) in [5.41, 5.74) is 6.94. The Labute approximate surface area is 66.4 Å². The van der Waals surface area contributed by atoms with Crippen molar-refractivity contribution in [3.63, 3.8) is 0 Å². The van der Waals surface area contributed by atoms with E-state index in [-0.39, 0.29) is 0 Å². The number of guanidine groups is 1. The molecule has 0 aromatic rings. The van der Waals surface area contributed by atoms with Gasteiger partial charge in [0.25, 0.3) is 5.96 Å². The molecule has 66 valence electrons. The molecule has 0 atom stereocenters. The van der Waals surface area contributed by atoms with Crippen LogP contribution < -0.4 is 11.2 Å². The van der Waals surface area contributed by atoms with Gasteiger partial charge in [0.05, 0.1) is 12.4 Å². The normalized spacial score (nSPS) is 12.5. The molecule has 0 aliphatic rings. The zero-order chi connectivity index (χ0) is 9.40. The van der Waals surface area contributed by atoms with Gasteiger partial charge in [-0.3, -0.25) is 0 Å². The van der Waals surface area contributed by atoms with Crippen molar-refractivity contribution in [1.82, 2.24) is 5.43 Å². The predicted molar refractivity (Wildman–Crippen MR) is 40.5 cm³/mol. The molecule has 0 radical (unpaired) electrons. The lowest BCUT2D eigenvalue weighted by Gasteiger charge is -1.90. The van der Waals surface area contributed by atoms with Crippen LogP contribution in [0.5, 0.6) is 0 Å². The summed E-state index contributed by atoms with van der Waals surface area (Å²) in [6.45, 7) is 0. The number of nitrogens with two attached hydrogens (primary N) is 1. The molecule has 0 aromatic carbocycles. The van der Waals surface area contributed by atoms with Gasteiger partial charge < -0.3 is 10.9 Å². The Kier molecular flexibility index (Phi) is 4.56. The van der Waals surface area contributed by atoms with Crippen LogP contribution in [0, 0.1) is 10.1 Å². The molecule has 0 unspecified atom stereocenters. The van der Waals surface area contributed by atoms with Crippen molar-refractivity contribution < 1.29 is 10.2 Å². The van der Waals surface area contributed by atoms with E-state index in [0.717, 1.165) is 12.4 Å². The van der Waals surface area contributed by atoms with E-state index in [1.165, 1.54) is 0 Å². The minimum atomic E-state index is -0.974. The SMILES string of the molecule is NC(=N[N+](=O)[O-])NN=CC=NO. The Morgan fingerprint density at radius 3 is 2.83 bits per heavy atom. The molecule has 12 heavy (non-hydrogen) atoms. The van der Waals surface area contributed by atoms with E-state index in [1.54, 1.807) is 0 Å². The van der Waals surface area contributed by atoms with E-state index in [1.807, 2.05) is 5.43 Å². The minimum absolute atomic E-state index is 0.470. The Morgan fingerprint density at radius 2 is 2.33 bits per heavy atom. The Bertz CT molecular complexity index is 232. The number of oxime groups is 1. The van der Waals surface area contributed by atoms with Crippen molar-refractivity contribution in [1.29, 1.82) is 0 Å². The molecular weight excluding hydrogens is 168 g/mol. The lowest BCUT2D eigenvalue weighted by Crippen LogP contribution is -2.28. The monoisotopic (exact) mass is 174 g/mol. The molecule has 0 aliphatic heterocycles. The average Bonchev–Trinajstić information content (AvgIpc) is 1.97. The fourth-order valence-corrected chi connectivity index (χ4v) is 0.277. The molecule has 0 amide bonds. The maximum absolute atomic E-state index is 9.68. The maximum atomic E-state index is 9.68. The summed E-state index contributed by atoms with van der Waals surface area (Å²) in [4.78, 5) is 9.68. The fourth-order valence-electron chi connectivity index (χ4n) is 0.277. The van der Waals surface area contributed by atoms with E-state index in [2.05, 4.69) is 15.4 Å². The van der Waals surface area contributed by atoms with E-state index < -0.39 is 11.0 Å². The molecule has 0 saturated heterocycles. The maximum Gasteiger partial charge on any atom is 0.286 e. The zero-order valence-electron chi connectivity index (χ0n) is 5.78. The van der Waals surface area contributed by atoms with Gasteiger partial charge in [-0.05, 0) is 0 Å². The van der Waals surface area contributed by atoms with Crippen molar-refractivity contribution in [2.24, 2.45) is 21.1 Å². The molecule has 9 nitrogen and oxygen atoms in total. The summed E-state index contributed by atoms with van der Waals surface area (Å²) >= 11 is 0. The number of rotatable bonds is 3. The molecule has 0 rings (SSSR count). The summed E-state index contributed by atoms with van der Waals surface area (Å²) in [5.74, 6) is -0.470. The highest BCUT2D eigenvalue weighted by Gasteiger charge is 1.93. The van der Waals surface area contributed by atoms with Crippen molar-refractivity contribution in [3.8, 4) is 0 Å². The first-order valence-electron chi connectivity index (χ1n) is 2.60. The first-order chi connectivity index (χ1) is 5.66. The van der Waals surface area contributed by atoms with Gasteiger partial charge in [0.1, 0.15) is 5.10 Å². The summed E-state index contributed by atoms with van der Waals surface area (Å²) in [6, 6.07) is 0. The molecule has 0 bridgehead atoms. The zero-order valence-corrected chi connectivity index (χ0v) is 5.78. The fraction of sp³-hybridized carbons (Fsp3) is 0. The van der Waals surface area contributed by atoms with Gasteiger partial charge in [-0.25, -0.2) is 15.5 Å². The third-order valence-corrected chi connectivity index (χ3v) is 0.576. The van der Waals surface area contributed by atoms with Gasteiger partial charge in [0.2, 0.25) is 0 Å². The average molecular weight is 174 g/mol. The number of nitrogens with zero attached hydrogens (tertiary/aromatic N) is 4. The third kappa shape index (κ3) is 5.94. The molecule has 0 aromatic heterocycles. The smallest absolute Gasteiger partial charge is 0.286 e. The molecular formula is C3H6N6O3. The molecule has 9 heteroatoms. The van der Waals surface area contributed by atoms with E-state index >= 15 is 0 Å². The van der Waals surface area contributed by atoms with E-state index in [4.69, 9.17) is 10.9 Å². The standard InChI is InChI=1S/C3H6N6O3/c4-3(8-9(11)12)7-5-1-2-6-10/h1-2,10H,(H3,4,7,8). The van der Waals surface area contributed by atoms with E-state index in [0.29, 0.717) is 0 Å². The highest BCUT2D eigenvalue weighted by molar-refractivity contribution is 6.15. The second kappa shape index (κ2) is 5.58. The van der Waals surface area contributed by atoms with Crippen LogP contribution in [-0.2, 0) is 0 Å². The lowest BCUT2D eigenvalue weighted by atomic mass is 10.8. The van der Waals surface area contributed by atoms with Crippen molar-refractivity contribution in [2.75, 3.05) is 0 Å². The van der Waals surface area contributed by atoms with Gasteiger partial charge in [-0.1, -0.05) is 5.16 Å². The number of hydrazone groups is 2. The van der Waals surface area contributed by atoms with Crippen LogP contribution in [0.1, 0.15) is 0 Å². The second-order valence-corrected chi connectivity index (χ2v) is 1.38. The van der Waals surface area contributed by atoms with Crippen LogP contribution in [0.25, 0.3) is 0 Å². The molecule has 0 spiro atoms. The van der Waals surface area contributed by atoms with Crippen molar-refractivity contribution in [3.05, 3.63) is 10.1 Å². The summed E-state index contributed by atoms with van der Waals surface area (Å²) in [7, 11) is 0. The van der Waals surface area contributed by atoms with Gasteiger partial charge in [0, 0.05) is 0 Å². The van der Waals surface area contributed by atoms with Gasteiger partial charge >= 0.3 is 0 Å². The van der Waals surface area contributed by atoms with Crippen LogP contribution in [0.4, 0.5) is 0 Å². The lowest BCUT2D eigenvalue weighted by molar-refractivity contribution is -0.485. The molecule has 0 aliphatic carbocycles. The van der Waals surface area contributed by atoms with E-state index in [9.17, 15) is 10.1 Å². The minimum Gasteiger partial charge on any atom is -0.411 e. The number of nitro groups is 1. The number of hydrogen-bond donors (Lipinski definition) is 3. The van der Waals surface area contributed by atoms with Crippen LogP contribution in [-0.4, -0.2) is 28.6 Å².